The van der Waals surface area contributed by atoms with Crippen molar-refractivity contribution in [1.82, 2.24) is 10.2 Å². The van der Waals surface area contributed by atoms with E-state index in [1.807, 2.05) is 24.0 Å². The Labute approximate surface area is 143 Å². The fourth-order valence-electron chi connectivity index (χ4n) is 3.78. The molecule has 1 saturated carbocycles. The number of carbonyl (C=O) groups excluding carboxylic acids is 1. The lowest BCUT2D eigenvalue weighted by molar-refractivity contribution is -0.124. The second-order valence-electron chi connectivity index (χ2n) is 7.08. The van der Waals surface area contributed by atoms with Crippen LogP contribution in [0.5, 0.6) is 0 Å². The lowest BCUT2D eigenvalue weighted by Gasteiger charge is -2.30. The number of hydrogen-bond donors (Lipinski definition) is 2. The third-order valence-electron chi connectivity index (χ3n) is 5.30. The van der Waals surface area contributed by atoms with Gasteiger partial charge < -0.3 is 10.4 Å². The minimum absolute atomic E-state index is 0.0179. The molecule has 2 N–H and O–H groups in total. The van der Waals surface area contributed by atoms with Gasteiger partial charge in [-0.25, -0.2) is 0 Å². The maximum atomic E-state index is 12.5. The average molecular weight is 327 g/mol. The number of amides is 1. The van der Waals surface area contributed by atoms with Crippen molar-refractivity contribution in [2.24, 2.45) is 5.92 Å². The summed E-state index contributed by atoms with van der Waals surface area (Å²) in [6, 6.07) is 10.7. The van der Waals surface area contributed by atoms with Crippen LogP contribution < -0.4 is 5.32 Å². The molecule has 2 aliphatic carbocycles. The Morgan fingerprint density at radius 3 is 2.83 bits per heavy atom. The van der Waals surface area contributed by atoms with Crippen LogP contribution in [0.1, 0.15) is 43.4 Å². The number of aliphatic hydroxyl groups is 1. The van der Waals surface area contributed by atoms with Gasteiger partial charge in [-0.3, -0.25) is 9.69 Å². The average Bonchev–Trinajstić information content (AvgIpc) is 3.35. The molecular formula is C19H25N3O2. The molecule has 2 unspecified atom stereocenters. The van der Waals surface area contributed by atoms with E-state index in [0.717, 1.165) is 25.7 Å². The van der Waals surface area contributed by atoms with E-state index < -0.39 is 5.54 Å². The molecule has 0 bridgehead atoms. The summed E-state index contributed by atoms with van der Waals surface area (Å²) in [6.07, 6.45) is 3.97. The van der Waals surface area contributed by atoms with E-state index in [4.69, 9.17) is 0 Å². The first kappa shape index (κ1) is 16.9. The van der Waals surface area contributed by atoms with Gasteiger partial charge in [0.2, 0.25) is 5.91 Å². The first-order chi connectivity index (χ1) is 11.6. The van der Waals surface area contributed by atoms with E-state index in [2.05, 4.69) is 23.5 Å². The summed E-state index contributed by atoms with van der Waals surface area (Å²) in [5, 5.41) is 21.7. The van der Waals surface area contributed by atoms with E-state index >= 15 is 0 Å². The Balaban J connectivity index is 1.68. The van der Waals surface area contributed by atoms with Crippen molar-refractivity contribution >= 4 is 5.91 Å². The SMILES string of the molecule is CC(C#N)(NC(=O)CN(CCO)C1CCc2ccccc21)C1CC1. The van der Waals surface area contributed by atoms with Gasteiger partial charge in [0.05, 0.1) is 19.2 Å². The lowest BCUT2D eigenvalue weighted by atomic mass is 9.98. The van der Waals surface area contributed by atoms with Crippen LogP contribution in [0.2, 0.25) is 0 Å². The van der Waals surface area contributed by atoms with Crippen molar-refractivity contribution in [1.29, 1.82) is 5.26 Å². The van der Waals surface area contributed by atoms with Crippen LogP contribution in [0.15, 0.2) is 24.3 Å². The van der Waals surface area contributed by atoms with Gasteiger partial charge >= 0.3 is 0 Å². The number of rotatable bonds is 7. The maximum absolute atomic E-state index is 12.5. The Kier molecular flexibility index (Phi) is 4.88. The summed E-state index contributed by atoms with van der Waals surface area (Å²) in [5.74, 6) is 0.133. The summed E-state index contributed by atoms with van der Waals surface area (Å²) >= 11 is 0. The molecular weight excluding hydrogens is 302 g/mol. The molecule has 0 heterocycles. The van der Waals surface area contributed by atoms with Crippen LogP contribution in [-0.4, -0.2) is 41.1 Å². The standard InChI is InChI=1S/C19H25N3O2/c1-19(13-20,15-7-8-15)21-18(24)12-22(10-11-23)17-9-6-14-4-2-3-5-16(14)17/h2-5,15,17,23H,6-12H2,1H3,(H,21,24). The second kappa shape index (κ2) is 6.92. The van der Waals surface area contributed by atoms with Gasteiger partial charge in [0, 0.05) is 12.6 Å². The largest absolute Gasteiger partial charge is 0.395 e. The summed E-state index contributed by atoms with van der Waals surface area (Å²) in [4.78, 5) is 14.6. The van der Waals surface area contributed by atoms with Crippen molar-refractivity contribution in [2.75, 3.05) is 19.7 Å². The predicted molar refractivity (Wildman–Crippen MR) is 91.0 cm³/mol. The van der Waals surface area contributed by atoms with Crippen LogP contribution in [-0.2, 0) is 11.2 Å². The third kappa shape index (κ3) is 3.45. The number of benzene rings is 1. The molecule has 2 aliphatic rings. The fraction of sp³-hybridized carbons (Fsp3) is 0.579. The van der Waals surface area contributed by atoms with Crippen molar-refractivity contribution in [3.05, 3.63) is 35.4 Å². The summed E-state index contributed by atoms with van der Waals surface area (Å²) in [5.41, 5.74) is 1.81. The number of hydrogen-bond acceptors (Lipinski definition) is 4. The zero-order valence-corrected chi connectivity index (χ0v) is 14.2. The topological polar surface area (TPSA) is 76.4 Å². The summed E-state index contributed by atoms with van der Waals surface area (Å²) in [7, 11) is 0. The Bertz CT molecular complexity index is 650. The van der Waals surface area contributed by atoms with Crippen LogP contribution in [0.3, 0.4) is 0 Å². The zero-order valence-electron chi connectivity index (χ0n) is 14.2. The molecule has 0 aliphatic heterocycles. The molecule has 5 heteroatoms. The van der Waals surface area contributed by atoms with Gasteiger partial charge in [0.25, 0.3) is 0 Å². The molecule has 128 valence electrons. The van der Waals surface area contributed by atoms with E-state index in [0.29, 0.717) is 6.54 Å². The molecule has 0 spiro atoms. The fourth-order valence-corrected chi connectivity index (χ4v) is 3.78. The molecule has 1 aromatic carbocycles. The molecule has 2 atom stereocenters. The second-order valence-corrected chi connectivity index (χ2v) is 7.08. The first-order valence-electron chi connectivity index (χ1n) is 8.72. The normalized spacial score (nSPS) is 21.8. The number of nitrogens with one attached hydrogen (secondary N) is 1. The minimum atomic E-state index is -0.768. The Morgan fingerprint density at radius 1 is 1.42 bits per heavy atom. The number of nitrogens with zero attached hydrogens (tertiary/aromatic N) is 2. The van der Waals surface area contributed by atoms with Crippen molar-refractivity contribution in [3.63, 3.8) is 0 Å². The van der Waals surface area contributed by atoms with Gasteiger partial charge in [0.15, 0.2) is 0 Å². The highest BCUT2D eigenvalue weighted by Gasteiger charge is 2.43. The number of carbonyl (C=O) groups is 1. The van der Waals surface area contributed by atoms with Gasteiger partial charge in [-0.15, -0.1) is 0 Å². The molecule has 1 amide bonds. The van der Waals surface area contributed by atoms with Crippen molar-refractivity contribution in [2.45, 2.75) is 44.2 Å². The molecule has 0 aromatic heterocycles. The monoisotopic (exact) mass is 327 g/mol. The summed E-state index contributed by atoms with van der Waals surface area (Å²) in [6.45, 7) is 2.50. The van der Waals surface area contributed by atoms with Crippen LogP contribution in [0.4, 0.5) is 0 Å². The van der Waals surface area contributed by atoms with Gasteiger partial charge in [0.1, 0.15) is 5.54 Å². The first-order valence-corrected chi connectivity index (χ1v) is 8.72. The van der Waals surface area contributed by atoms with E-state index in [9.17, 15) is 15.2 Å². The summed E-state index contributed by atoms with van der Waals surface area (Å²) < 4.78 is 0. The smallest absolute Gasteiger partial charge is 0.235 e. The number of nitriles is 1. The highest BCUT2D eigenvalue weighted by molar-refractivity contribution is 5.79. The van der Waals surface area contributed by atoms with Crippen LogP contribution in [0, 0.1) is 17.2 Å². The minimum Gasteiger partial charge on any atom is -0.395 e. The van der Waals surface area contributed by atoms with Gasteiger partial charge in [-0.05, 0) is 49.7 Å². The molecule has 1 fully saturated rings. The molecule has 0 radical (unpaired) electrons. The van der Waals surface area contributed by atoms with Gasteiger partial charge in [-0.2, -0.15) is 5.26 Å². The molecule has 24 heavy (non-hydrogen) atoms. The van der Waals surface area contributed by atoms with E-state index in [1.165, 1.54) is 11.1 Å². The highest BCUT2D eigenvalue weighted by Crippen LogP contribution is 2.39. The number of aliphatic hydroxyl groups excluding tert-OH is 1. The maximum Gasteiger partial charge on any atom is 0.235 e. The molecule has 0 saturated heterocycles. The quantitative estimate of drug-likeness (QED) is 0.800. The predicted octanol–water partition coefficient (Wildman–Crippen LogP) is 1.78. The van der Waals surface area contributed by atoms with Crippen molar-refractivity contribution < 1.29 is 9.90 Å². The van der Waals surface area contributed by atoms with E-state index in [-0.39, 0.29) is 31.0 Å². The molecule has 5 nitrogen and oxygen atoms in total. The lowest BCUT2D eigenvalue weighted by Crippen LogP contribution is -2.50. The Morgan fingerprint density at radius 2 is 2.17 bits per heavy atom. The zero-order chi connectivity index (χ0) is 17.2. The van der Waals surface area contributed by atoms with Crippen LogP contribution >= 0.6 is 0 Å². The third-order valence-corrected chi connectivity index (χ3v) is 5.30. The van der Waals surface area contributed by atoms with Crippen LogP contribution in [0.25, 0.3) is 0 Å². The van der Waals surface area contributed by atoms with Crippen molar-refractivity contribution in [3.8, 4) is 6.07 Å². The van der Waals surface area contributed by atoms with E-state index in [1.54, 1.807) is 0 Å². The number of aryl methyl sites for hydroxylation is 1. The molecule has 3 rings (SSSR count). The highest BCUT2D eigenvalue weighted by atomic mass is 16.3. The number of fused-ring (bicyclic) bond motifs is 1. The Hall–Kier alpha value is -1.90. The van der Waals surface area contributed by atoms with Gasteiger partial charge in [-0.1, -0.05) is 24.3 Å². The molecule has 1 aromatic rings.